The number of rotatable bonds is 5. The highest BCUT2D eigenvalue weighted by atomic mass is 35.5. The van der Waals surface area contributed by atoms with Gasteiger partial charge in [-0.25, -0.2) is 0 Å². The molecule has 0 heterocycles. The van der Waals surface area contributed by atoms with Crippen LogP contribution in [0.2, 0.25) is 0 Å². The minimum Gasteiger partial charge on any atom is -0.508 e. The molecule has 0 unspecified atom stereocenters. The van der Waals surface area contributed by atoms with Gasteiger partial charge in [0.2, 0.25) is 5.91 Å². The second-order valence-electron chi connectivity index (χ2n) is 5.82. The molecule has 0 atom stereocenters. The lowest BCUT2D eigenvalue weighted by atomic mass is 9.75. The van der Waals surface area contributed by atoms with Crippen LogP contribution in [0.4, 0.5) is 0 Å². The highest BCUT2D eigenvalue weighted by Gasteiger charge is 2.31. The van der Waals surface area contributed by atoms with E-state index in [1.54, 1.807) is 18.2 Å². The predicted molar refractivity (Wildman–Crippen MR) is 81.1 cm³/mol. The van der Waals surface area contributed by atoms with Gasteiger partial charge in [-0.1, -0.05) is 31.4 Å². The maximum Gasteiger partial charge on any atom is 0.224 e. The van der Waals surface area contributed by atoms with Crippen LogP contribution >= 0.6 is 11.6 Å². The molecular formula is C16H22ClNO2. The number of hydrogen-bond donors (Lipinski definition) is 2. The Hall–Kier alpha value is -1.22. The second kappa shape index (κ2) is 6.98. The fourth-order valence-corrected chi connectivity index (χ4v) is 3.22. The van der Waals surface area contributed by atoms with Gasteiger partial charge in [-0.05, 0) is 30.5 Å². The van der Waals surface area contributed by atoms with Crippen LogP contribution in [0.5, 0.6) is 5.75 Å². The van der Waals surface area contributed by atoms with E-state index in [9.17, 15) is 9.90 Å². The summed E-state index contributed by atoms with van der Waals surface area (Å²) >= 11 is 6.12. The van der Waals surface area contributed by atoms with E-state index in [4.69, 9.17) is 11.6 Å². The van der Waals surface area contributed by atoms with E-state index in [0.29, 0.717) is 18.8 Å². The summed E-state index contributed by atoms with van der Waals surface area (Å²) in [6.07, 6.45) is 6.18. The first kappa shape index (κ1) is 15.2. The zero-order chi connectivity index (χ0) is 14.4. The summed E-state index contributed by atoms with van der Waals surface area (Å²) < 4.78 is 0. The number of halogens is 1. The molecule has 2 rings (SSSR count). The number of phenols is 1. The fraction of sp³-hybridized carbons (Fsp3) is 0.562. The smallest absolute Gasteiger partial charge is 0.224 e. The van der Waals surface area contributed by atoms with Crippen LogP contribution in [-0.4, -0.2) is 23.4 Å². The fourth-order valence-electron chi connectivity index (χ4n) is 2.86. The Labute approximate surface area is 125 Å². The van der Waals surface area contributed by atoms with E-state index in [0.717, 1.165) is 18.4 Å². The van der Waals surface area contributed by atoms with Crippen molar-refractivity contribution in [1.29, 1.82) is 0 Å². The number of carbonyl (C=O) groups is 1. The van der Waals surface area contributed by atoms with Gasteiger partial charge in [0.05, 0.1) is 6.42 Å². The summed E-state index contributed by atoms with van der Waals surface area (Å²) in [5.41, 5.74) is 0.903. The first-order chi connectivity index (χ1) is 9.63. The van der Waals surface area contributed by atoms with E-state index in [1.165, 1.54) is 19.3 Å². The standard InChI is InChI=1S/C16H22ClNO2/c17-11-16(7-2-1-3-8-16)12-18-15(20)10-13-5-4-6-14(19)9-13/h4-6,9,19H,1-3,7-8,10-12H2,(H,18,20). The second-order valence-corrected chi connectivity index (χ2v) is 6.08. The van der Waals surface area contributed by atoms with Gasteiger partial charge in [-0.3, -0.25) is 4.79 Å². The number of aromatic hydroxyl groups is 1. The van der Waals surface area contributed by atoms with Crippen molar-refractivity contribution in [2.45, 2.75) is 38.5 Å². The molecular weight excluding hydrogens is 274 g/mol. The van der Waals surface area contributed by atoms with Crippen molar-refractivity contribution in [1.82, 2.24) is 5.32 Å². The molecule has 110 valence electrons. The summed E-state index contributed by atoms with van der Waals surface area (Å²) in [6.45, 7) is 0.661. The van der Waals surface area contributed by atoms with Crippen LogP contribution < -0.4 is 5.32 Å². The SMILES string of the molecule is O=C(Cc1cccc(O)c1)NCC1(CCl)CCCCC1. The molecule has 4 heteroatoms. The zero-order valence-corrected chi connectivity index (χ0v) is 12.5. The average Bonchev–Trinajstić information content (AvgIpc) is 2.46. The lowest BCUT2D eigenvalue weighted by Crippen LogP contribution is -2.40. The third kappa shape index (κ3) is 4.14. The zero-order valence-electron chi connectivity index (χ0n) is 11.7. The summed E-state index contributed by atoms with van der Waals surface area (Å²) in [7, 11) is 0. The third-order valence-electron chi connectivity index (χ3n) is 4.13. The lowest BCUT2D eigenvalue weighted by molar-refractivity contribution is -0.121. The number of amides is 1. The molecule has 0 radical (unpaired) electrons. The highest BCUT2D eigenvalue weighted by molar-refractivity contribution is 6.18. The minimum absolute atomic E-state index is 0.00864. The minimum atomic E-state index is -0.00864. The van der Waals surface area contributed by atoms with Gasteiger partial charge in [0.25, 0.3) is 0 Å². The van der Waals surface area contributed by atoms with E-state index in [2.05, 4.69) is 5.32 Å². The summed E-state index contributed by atoms with van der Waals surface area (Å²) in [5, 5.41) is 12.4. The molecule has 1 fully saturated rings. The molecule has 0 bridgehead atoms. The topological polar surface area (TPSA) is 49.3 Å². The molecule has 0 aromatic heterocycles. The van der Waals surface area contributed by atoms with Crippen LogP contribution in [0.25, 0.3) is 0 Å². The van der Waals surface area contributed by atoms with Crippen LogP contribution in [0, 0.1) is 5.41 Å². The molecule has 0 spiro atoms. The number of carbonyl (C=O) groups excluding carboxylic acids is 1. The van der Waals surface area contributed by atoms with Gasteiger partial charge < -0.3 is 10.4 Å². The Morgan fingerprint density at radius 1 is 1.30 bits per heavy atom. The first-order valence-electron chi connectivity index (χ1n) is 7.24. The Kier molecular flexibility index (Phi) is 5.30. The van der Waals surface area contributed by atoms with Gasteiger partial charge in [0, 0.05) is 17.8 Å². The molecule has 1 aromatic carbocycles. The predicted octanol–water partition coefficient (Wildman–Crippen LogP) is 3.24. The van der Waals surface area contributed by atoms with Crippen molar-refractivity contribution in [2.24, 2.45) is 5.41 Å². The quantitative estimate of drug-likeness (QED) is 0.819. The largest absolute Gasteiger partial charge is 0.508 e. The van der Waals surface area contributed by atoms with E-state index < -0.39 is 0 Å². The van der Waals surface area contributed by atoms with Gasteiger partial charge in [0.15, 0.2) is 0 Å². The van der Waals surface area contributed by atoms with Gasteiger partial charge in [0.1, 0.15) is 5.75 Å². The van der Waals surface area contributed by atoms with Gasteiger partial charge >= 0.3 is 0 Å². The normalized spacial score (nSPS) is 17.6. The lowest BCUT2D eigenvalue weighted by Gasteiger charge is -2.35. The summed E-state index contributed by atoms with van der Waals surface area (Å²) in [6, 6.07) is 6.82. The highest BCUT2D eigenvalue weighted by Crippen LogP contribution is 2.36. The van der Waals surface area contributed by atoms with Crippen molar-refractivity contribution in [3.8, 4) is 5.75 Å². The van der Waals surface area contributed by atoms with Crippen molar-refractivity contribution >= 4 is 17.5 Å². The maximum atomic E-state index is 12.0. The van der Waals surface area contributed by atoms with E-state index in [-0.39, 0.29) is 17.1 Å². The van der Waals surface area contributed by atoms with Crippen LogP contribution in [0.3, 0.4) is 0 Å². The molecule has 0 aliphatic heterocycles. The molecule has 20 heavy (non-hydrogen) atoms. The molecule has 1 aromatic rings. The Balaban J connectivity index is 1.85. The van der Waals surface area contributed by atoms with Crippen molar-refractivity contribution < 1.29 is 9.90 Å². The van der Waals surface area contributed by atoms with Crippen molar-refractivity contribution in [2.75, 3.05) is 12.4 Å². The van der Waals surface area contributed by atoms with E-state index in [1.807, 2.05) is 6.07 Å². The Morgan fingerprint density at radius 3 is 2.70 bits per heavy atom. The molecule has 1 amide bonds. The monoisotopic (exact) mass is 295 g/mol. The Morgan fingerprint density at radius 2 is 2.05 bits per heavy atom. The van der Waals surface area contributed by atoms with E-state index >= 15 is 0 Å². The maximum absolute atomic E-state index is 12.0. The molecule has 3 nitrogen and oxygen atoms in total. The summed E-state index contributed by atoms with van der Waals surface area (Å²) in [4.78, 5) is 12.0. The van der Waals surface area contributed by atoms with Crippen LogP contribution in [0.1, 0.15) is 37.7 Å². The van der Waals surface area contributed by atoms with Gasteiger partial charge in [-0.15, -0.1) is 11.6 Å². The molecule has 0 saturated heterocycles. The number of alkyl halides is 1. The van der Waals surface area contributed by atoms with Crippen molar-refractivity contribution in [3.63, 3.8) is 0 Å². The van der Waals surface area contributed by atoms with Gasteiger partial charge in [-0.2, -0.15) is 0 Å². The average molecular weight is 296 g/mol. The number of benzene rings is 1. The number of hydrogen-bond acceptors (Lipinski definition) is 2. The Bertz CT molecular complexity index is 456. The van der Waals surface area contributed by atoms with Crippen LogP contribution in [-0.2, 0) is 11.2 Å². The number of phenolic OH excluding ortho intramolecular Hbond substituents is 1. The first-order valence-corrected chi connectivity index (χ1v) is 7.78. The summed E-state index contributed by atoms with van der Waals surface area (Å²) in [5.74, 6) is 0.796. The molecule has 1 aliphatic carbocycles. The third-order valence-corrected chi connectivity index (χ3v) is 4.70. The van der Waals surface area contributed by atoms with Crippen molar-refractivity contribution in [3.05, 3.63) is 29.8 Å². The molecule has 1 saturated carbocycles. The number of nitrogens with one attached hydrogen (secondary N) is 1. The van der Waals surface area contributed by atoms with Crippen LogP contribution in [0.15, 0.2) is 24.3 Å². The molecule has 2 N–H and O–H groups in total. The molecule has 1 aliphatic rings.